The van der Waals surface area contributed by atoms with E-state index in [-0.39, 0.29) is 11.3 Å². The van der Waals surface area contributed by atoms with E-state index in [9.17, 15) is 18.0 Å². The second-order valence-corrected chi connectivity index (χ2v) is 9.96. The van der Waals surface area contributed by atoms with Crippen LogP contribution in [0.1, 0.15) is 41.6 Å². The van der Waals surface area contributed by atoms with Crippen LogP contribution in [0.25, 0.3) is 0 Å². The molecule has 0 spiro atoms. The van der Waals surface area contributed by atoms with Gasteiger partial charge in [0.25, 0.3) is 0 Å². The standard InChI is InChI=1S/C23H26ClNO6S/c1-17-15-19(24)8-11-22(17)30-14-4-5-23(27)31-16-21(26)18-6-9-20(10-7-18)32(28,29)25-12-2-3-13-25/h6-11,15H,2-5,12-14,16H2,1H3. The number of nitrogens with zero attached hydrogens (tertiary/aromatic N) is 1. The quantitative estimate of drug-likeness (QED) is 0.290. The van der Waals surface area contributed by atoms with Crippen molar-refractivity contribution in [1.82, 2.24) is 4.31 Å². The molecule has 1 aliphatic rings. The normalized spacial score (nSPS) is 14.3. The Hall–Kier alpha value is -2.42. The lowest BCUT2D eigenvalue weighted by atomic mass is 10.1. The van der Waals surface area contributed by atoms with Crippen LogP contribution in [0.15, 0.2) is 47.4 Å². The lowest BCUT2D eigenvalue weighted by molar-refractivity contribution is -0.142. The van der Waals surface area contributed by atoms with Crippen molar-refractivity contribution in [3.05, 3.63) is 58.6 Å². The van der Waals surface area contributed by atoms with Crippen molar-refractivity contribution in [2.24, 2.45) is 0 Å². The van der Waals surface area contributed by atoms with Crippen LogP contribution in [0.4, 0.5) is 0 Å². The summed E-state index contributed by atoms with van der Waals surface area (Å²) in [6.45, 7) is 2.86. The summed E-state index contributed by atoms with van der Waals surface area (Å²) in [5, 5.41) is 0.631. The molecule has 1 saturated heterocycles. The first-order valence-electron chi connectivity index (χ1n) is 10.5. The van der Waals surface area contributed by atoms with Gasteiger partial charge in [0.2, 0.25) is 10.0 Å². The molecule has 0 unspecified atom stereocenters. The molecule has 0 aliphatic carbocycles. The summed E-state index contributed by atoms with van der Waals surface area (Å²) < 4.78 is 37.2. The van der Waals surface area contributed by atoms with Crippen molar-refractivity contribution in [2.45, 2.75) is 37.5 Å². The fourth-order valence-electron chi connectivity index (χ4n) is 3.37. The molecule has 0 N–H and O–H groups in total. The monoisotopic (exact) mass is 479 g/mol. The smallest absolute Gasteiger partial charge is 0.306 e. The number of carbonyl (C=O) groups is 2. The van der Waals surface area contributed by atoms with Gasteiger partial charge in [-0.3, -0.25) is 9.59 Å². The van der Waals surface area contributed by atoms with Crippen molar-refractivity contribution < 1.29 is 27.5 Å². The van der Waals surface area contributed by atoms with Gasteiger partial charge in [-0.05, 0) is 74.2 Å². The van der Waals surface area contributed by atoms with E-state index >= 15 is 0 Å². The zero-order valence-corrected chi connectivity index (χ0v) is 19.5. The van der Waals surface area contributed by atoms with Crippen LogP contribution in [-0.4, -0.2) is 50.8 Å². The molecule has 172 valence electrons. The zero-order valence-electron chi connectivity index (χ0n) is 17.9. The molecule has 7 nitrogen and oxygen atoms in total. The number of sulfonamides is 1. The molecule has 0 bridgehead atoms. The number of ether oxygens (including phenoxy) is 2. The molecule has 0 aromatic heterocycles. The fourth-order valence-corrected chi connectivity index (χ4v) is 5.11. The molecule has 3 rings (SSSR count). The predicted octanol–water partition coefficient (Wildman–Crippen LogP) is 4.02. The maximum Gasteiger partial charge on any atom is 0.306 e. The van der Waals surface area contributed by atoms with Crippen LogP contribution < -0.4 is 4.74 Å². The first-order valence-corrected chi connectivity index (χ1v) is 12.3. The van der Waals surface area contributed by atoms with E-state index in [0.29, 0.717) is 42.5 Å². The Kier molecular flexibility index (Phi) is 8.28. The van der Waals surface area contributed by atoms with Crippen LogP contribution in [0.5, 0.6) is 5.75 Å². The molecule has 2 aromatic carbocycles. The van der Waals surface area contributed by atoms with Crippen LogP contribution in [-0.2, 0) is 19.6 Å². The van der Waals surface area contributed by atoms with Crippen molar-refractivity contribution in [1.29, 1.82) is 0 Å². The second kappa shape index (κ2) is 10.9. The minimum Gasteiger partial charge on any atom is -0.493 e. The average Bonchev–Trinajstić information content (AvgIpc) is 3.32. The molecule has 1 aliphatic heterocycles. The van der Waals surface area contributed by atoms with Gasteiger partial charge in [-0.15, -0.1) is 0 Å². The van der Waals surface area contributed by atoms with E-state index in [1.165, 1.54) is 28.6 Å². The van der Waals surface area contributed by atoms with Crippen LogP contribution in [0.2, 0.25) is 5.02 Å². The fraction of sp³-hybridized carbons (Fsp3) is 0.391. The summed E-state index contributed by atoms with van der Waals surface area (Å²) in [7, 11) is -3.53. The second-order valence-electron chi connectivity index (χ2n) is 7.58. The van der Waals surface area contributed by atoms with E-state index in [1.54, 1.807) is 18.2 Å². The van der Waals surface area contributed by atoms with Gasteiger partial charge in [0.1, 0.15) is 5.75 Å². The first-order chi connectivity index (χ1) is 15.3. The zero-order chi connectivity index (χ0) is 23.1. The molecule has 1 heterocycles. The molecule has 0 radical (unpaired) electrons. The summed E-state index contributed by atoms with van der Waals surface area (Å²) >= 11 is 5.91. The van der Waals surface area contributed by atoms with Crippen molar-refractivity contribution >= 4 is 33.4 Å². The van der Waals surface area contributed by atoms with Gasteiger partial charge in [-0.25, -0.2) is 8.42 Å². The van der Waals surface area contributed by atoms with Gasteiger partial charge in [-0.2, -0.15) is 4.31 Å². The summed E-state index contributed by atoms with van der Waals surface area (Å²) in [5.74, 6) is -0.187. The van der Waals surface area contributed by atoms with Gasteiger partial charge in [0.05, 0.1) is 11.5 Å². The number of benzene rings is 2. The van der Waals surface area contributed by atoms with E-state index in [0.717, 1.165) is 18.4 Å². The third-order valence-electron chi connectivity index (χ3n) is 5.16. The topological polar surface area (TPSA) is 90.0 Å². The van der Waals surface area contributed by atoms with E-state index < -0.39 is 28.4 Å². The maximum absolute atomic E-state index is 12.5. The molecule has 0 atom stereocenters. The third-order valence-corrected chi connectivity index (χ3v) is 7.31. The van der Waals surface area contributed by atoms with Crippen molar-refractivity contribution in [3.8, 4) is 5.75 Å². The van der Waals surface area contributed by atoms with Crippen molar-refractivity contribution in [2.75, 3.05) is 26.3 Å². The van der Waals surface area contributed by atoms with E-state index in [1.807, 2.05) is 6.92 Å². The minimum absolute atomic E-state index is 0.118. The highest BCUT2D eigenvalue weighted by Crippen LogP contribution is 2.22. The number of hydrogen-bond acceptors (Lipinski definition) is 6. The predicted molar refractivity (Wildman–Crippen MR) is 121 cm³/mol. The summed E-state index contributed by atoms with van der Waals surface area (Å²) in [6, 6.07) is 11.0. The molecular formula is C23H26ClNO6S. The first kappa shape index (κ1) is 24.2. The number of Topliss-reactive ketones (excluding diaryl/α,β-unsaturated/α-hetero) is 1. The number of ketones is 1. The highest BCUT2D eigenvalue weighted by Gasteiger charge is 2.27. The van der Waals surface area contributed by atoms with Crippen LogP contribution in [0, 0.1) is 6.92 Å². The number of rotatable bonds is 10. The maximum atomic E-state index is 12.5. The third kappa shape index (κ3) is 6.31. The van der Waals surface area contributed by atoms with Crippen molar-refractivity contribution in [3.63, 3.8) is 0 Å². The van der Waals surface area contributed by atoms with Gasteiger partial charge in [0, 0.05) is 30.1 Å². The minimum atomic E-state index is -3.53. The Morgan fingerprint density at radius 3 is 2.41 bits per heavy atom. The Morgan fingerprint density at radius 1 is 1.06 bits per heavy atom. The number of aryl methyl sites for hydroxylation is 1. The summed E-state index contributed by atoms with van der Waals surface area (Å²) in [5.41, 5.74) is 1.20. The number of carbonyl (C=O) groups excluding carboxylic acids is 2. The Morgan fingerprint density at radius 2 is 1.75 bits per heavy atom. The number of esters is 1. The molecule has 0 amide bonds. The van der Waals surface area contributed by atoms with Gasteiger partial charge in [0.15, 0.2) is 12.4 Å². The summed E-state index contributed by atoms with van der Waals surface area (Å²) in [4.78, 5) is 24.3. The van der Waals surface area contributed by atoms with E-state index in [4.69, 9.17) is 21.1 Å². The van der Waals surface area contributed by atoms with Crippen LogP contribution >= 0.6 is 11.6 Å². The van der Waals surface area contributed by atoms with E-state index in [2.05, 4.69) is 0 Å². The molecule has 9 heteroatoms. The lowest BCUT2D eigenvalue weighted by Gasteiger charge is -2.15. The van der Waals surface area contributed by atoms with Gasteiger partial charge >= 0.3 is 5.97 Å². The molecule has 1 fully saturated rings. The lowest BCUT2D eigenvalue weighted by Crippen LogP contribution is -2.27. The molecule has 0 saturated carbocycles. The molecule has 2 aromatic rings. The Labute approximate surface area is 193 Å². The molecular weight excluding hydrogens is 454 g/mol. The highest BCUT2D eigenvalue weighted by atomic mass is 35.5. The van der Waals surface area contributed by atoms with Crippen LogP contribution in [0.3, 0.4) is 0 Å². The largest absolute Gasteiger partial charge is 0.493 e. The average molecular weight is 480 g/mol. The number of hydrogen-bond donors (Lipinski definition) is 0. The highest BCUT2D eigenvalue weighted by molar-refractivity contribution is 7.89. The Bertz CT molecular complexity index is 1060. The van der Waals surface area contributed by atoms with Gasteiger partial charge in [-0.1, -0.05) is 11.6 Å². The molecule has 32 heavy (non-hydrogen) atoms. The SMILES string of the molecule is Cc1cc(Cl)ccc1OCCCC(=O)OCC(=O)c1ccc(S(=O)(=O)N2CCCC2)cc1. The Balaban J connectivity index is 1.41. The summed E-state index contributed by atoms with van der Waals surface area (Å²) in [6.07, 6.45) is 2.27. The number of halogens is 1. The van der Waals surface area contributed by atoms with Gasteiger partial charge < -0.3 is 9.47 Å².